The van der Waals surface area contributed by atoms with Gasteiger partial charge in [0.15, 0.2) is 0 Å². The van der Waals surface area contributed by atoms with Crippen molar-refractivity contribution in [3.05, 3.63) is 104 Å². The number of amides is 2. The van der Waals surface area contributed by atoms with Crippen molar-refractivity contribution in [1.29, 1.82) is 0 Å². The van der Waals surface area contributed by atoms with E-state index in [-0.39, 0.29) is 29.1 Å². The Balaban J connectivity index is 1.41. The number of hydrogen-bond acceptors (Lipinski definition) is 7. The second-order valence-corrected chi connectivity index (χ2v) is 11.0. The fraction of sp³-hybridized carbons (Fsp3) is 0.267. The van der Waals surface area contributed by atoms with E-state index in [9.17, 15) is 24.5 Å². The summed E-state index contributed by atoms with van der Waals surface area (Å²) in [6, 6.07) is 18.8. The van der Waals surface area contributed by atoms with Gasteiger partial charge in [0.2, 0.25) is 11.8 Å². The minimum Gasteiger partial charge on any atom is -0.283 e. The second kappa shape index (κ2) is 7.70. The highest BCUT2D eigenvalue weighted by atomic mass is 16.6. The van der Waals surface area contributed by atoms with Gasteiger partial charge < -0.3 is 0 Å². The van der Waals surface area contributed by atoms with Crippen LogP contribution < -0.4 is 10.5 Å². The first kappa shape index (κ1) is 23.2. The van der Waals surface area contributed by atoms with Gasteiger partial charge in [0, 0.05) is 23.7 Å². The topological polar surface area (TPSA) is 119 Å². The highest BCUT2D eigenvalue weighted by Crippen LogP contribution is 2.62. The number of carbonyl (C=O) groups excluding carboxylic acids is 2. The zero-order chi connectivity index (χ0) is 27.5. The monoisotopic (exact) mass is 533 g/mol. The molecule has 5 heterocycles. The summed E-state index contributed by atoms with van der Waals surface area (Å²) in [5.74, 6) is -1.64. The Morgan fingerprint density at radius 1 is 0.975 bits per heavy atom. The van der Waals surface area contributed by atoms with E-state index in [0.29, 0.717) is 40.2 Å². The highest BCUT2D eigenvalue weighted by Gasteiger charge is 2.73. The third-order valence-electron chi connectivity index (χ3n) is 9.27. The lowest BCUT2D eigenvalue weighted by molar-refractivity contribution is -0.384. The molecule has 198 valence electrons. The number of hydrogen-bond donors (Lipinski definition) is 0. The lowest BCUT2D eigenvalue weighted by atomic mass is 9.75. The number of para-hydroxylation sites is 2. The minimum atomic E-state index is -1.10. The van der Waals surface area contributed by atoms with Gasteiger partial charge in [-0.05, 0) is 56.1 Å². The molecule has 1 aromatic heterocycles. The minimum absolute atomic E-state index is 0.104. The Kier molecular flexibility index (Phi) is 4.47. The smallest absolute Gasteiger partial charge is 0.269 e. The largest absolute Gasteiger partial charge is 0.283 e. The third kappa shape index (κ3) is 2.57. The summed E-state index contributed by atoms with van der Waals surface area (Å²) < 4.78 is 1.63. The van der Waals surface area contributed by atoms with Crippen molar-refractivity contribution in [3.63, 3.8) is 0 Å². The highest BCUT2D eigenvalue weighted by molar-refractivity contribution is 6.23. The van der Waals surface area contributed by atoms with Gasteiger partial charge in [-0.25, -0.2) is 9.88 Å². The van der Waals surface area contributed by atoms with E-state index in [0.717, 1.165) is 18.4 Å². The van der Waals surface area contributed by atoms with Crippen LogP contribution in [0.4, 0.5) is 11.4 Å². The van der Waals surface area contributed by atoms with Crippen molar-refractivity contribution in [2.24, 2.45) is 11.8 Å². The fourth-order valence-corrected chi connectivity index (χ4v) is 7.86. The lowest BCUT2D eigenvalue weighted by Gasteiger charge is -2.38. The maximum absolute atomic E-state index is 14.6. The molecule has 40 heavy (non-hydrogen) atoms. The first-order valence-corrected chi connectivity index (χ1v) is 13.4. The van der Waals surface area contributed by atoms with Crippen LogP contribution in [0.5, 0.6) is 0 Å². The number of carbonyl (C=O) groups is 2. The number of imide groups is 1. The lowest BCUT2D eigenvalue weighted by Crippen LogP contribution is -2.51. The normalized spacial score (nSPS) is 26.4. The maximum atomic E-state index is 14.6. The summed E-state index contributed by atoms with van der Waals surface area (Å²) in [6.07, 6.45) is 1.60. The van der Waals surface area contributed by atoms with E-state index >= 15 is 0 Å². The number of aryl methyl sites for hydroxylation is 1. The van der Waals surface area contributed by atoms with Crippen LogP contribution in [0.1, 0.15) is 29.8 Å². The molecule has 0 bridgehead atoms. The molecule has 1 spiro atoms. The van der Waals surface area contributed by atoms with Crippen LogP contribution in [0.2, 0.25) is 0 Å². The molecule has 0 radical (unpaired) electrons. The average Bonchev–Trinajstić information content (AvgIpc) is 3.66. The number of benzene rings is 3. The molecular weight excluding hydrogens is 510 g/mol. The molecule has 10 heteroatoms. The van der Waals surface area contributed by atoms with E-state index in [2.05, 4.69) is 4.90 Å². The van der Waals surface area contributed by atoms with Gasteiger partial charge in [0.05, 0.1) is 39.0 Å². The summed E-state index contributed by atoms with van der Waals surface area (Å²) in [7, 11) is 0. The summed E-state index contributed by atoms with van der Waals surface area (Å²) in [5.41, 5.74) is 1.45. The zero-order valence-electron chi connectivity index (χ0n) is 21.5. The Hall–Kier alpha value is -4.70. The SMILES string of the molecule is Cc1cc([N+](=O)[O-])ccc1N1C(=O)[C@@H]2[C@@H]3CCCN3[C@@]3(c4ccccc4-n4c3nc3ccccc3c4=O)[C@H]2C1=O. The number of aromatic nitrogens is 2. The van der Waals surface area contributed by atoms with Gasteiger partial charge in [-0.15, -0.1) is 0 Å². The van der Waals surface area contributed by atoms with Crippen molar-refractivity contribution >= 4 is 34.1 Å². The van der Waals surface area contributed by atoms with Crippen molar-refractivity contribution in [2.45, 2.75) is 31.3 Å². The molecule has 4 atom stereocenters. The summed E-state index contributed by atoms with van der Waals surface area (Å²) in [6.45, 7) is 2.34. The van der Waals surface area contributed by atoms with Crippen LogP contribution in [-0.2, 0) is 15.1 Å². The van der Waals surface area contributed by atoms with E-state index in [1.165, 1.54) is 23.1 Å². The third-order valence-corrected chi connectivity index (χ3v) is 9.27. The zero-order valence-corrected chi connectivity index (χ0v) is 21.5. The number of anilines is 1. The molecule has 4 aliphatic heterocycles. The van der Waals surface area contributed by atoms with Crippen LogP contribution >= 0.6 is 0 Å². The quantitative estimate of drug-likeness (QED) is 0.220. The molecule has 10 nitrogen and oxygen atoms in total. The molecular formula is C30H23N5O5. The molecule has 0 aliphatic carbocycles. The number of non-ortho nitro benzene ring substituents is 1. The first-order valence-electron chi connectivity index (χ1n) is 13.4. The predicted octanol–water partition coefficient (Wildman–Crippen LogP) is 3.44. The van der Waals surface area contributed by atoms with Crippen LogP contribution in [0.25, 0.3) is 16.6 Å². The van der Waals surface area contributed by atoms with Crippen LogP contribution in [0.3, 0.4) is 0 Å². The molecule has 3 aromatic carbocycles. The number of rotatable bonds is 2. The van der Waals surface area contributed by atoms with Crippen LogP contribution in [0.15, 0.2) is 71.5 Å². The Bertz CT molecular complexity index is 1900. The average molecular weight is 534 g/mol. The Labute approximate surface area is 227 Å². The number of nitro groups is 1. The van der Waals surface area contributed by atoms with E-state index < -0.39 is 22.3 Å². The molecule has 2 amide bonds. The molecule has 4 aromatic rings. The molecule has 3 saturated heterocycles. The van der Waals surface area contributed by atoms with Crippen molar-refractivity contribution in [2.75, 3.05) is 11.4 Å². The standard InChI is InChI=1S/C30H23N5O5/c1-16-15-17(35(39)40)12-13-21(16)33-27(37)24-23-11-6-14-32(23)30(25(24)28(33)38)19-8-3-5-10-22(19)34-26(36)18-7-2-4-9-20(18)31-29(30)34/h2-5,7-10,12-13,15,23-25H,6,11,14H2,1H3/t23-,24+,25+,30-/m0/s1. The molecule has 4 aliphatic rings. The van der Waals surface area contributed by atoms with Crippen LogP contribution in [0, 0.1) is 28.9 Å². The first-order chi connectivity index (χ1) is 19.4. The second-order valence-electron chi connectivity index (χ2n) is 11.0. The maximum Gasteiger partial charge on any atom is 0.269 e. The molecule has 8 rings (SSSR count). The van der Waals surface area contributed by atoms with Gasteiger partial charge in [-0.2, -0.15) is 0 Å². The van der Waals surface area contributed by atoms with Crippen molar-refractivity contribution < 1.29 is 14.5 Å². The van der Waals surface area contributed by atoms with E-state index in [4.69, 9.17) is 4.98 Å². The number of nitrogens with zero attached hydrogens (tertiary/aromatic N) is 5. The molecule has 0 N–H and O–H groups in total. The molecule has 0 unspecified atom stereocenters. The summed E-state index contributed by atoms with van der Waals surface area (Å²) >= 11 is 0. The summed E-state index contributed by atoms with van der Waals surface area (Å²) in [5, 5.41) is 11.8. The van der Waals surface area contributed by atoms with E-state index in [1.54, 1.807) is 29.7 Å². The van der Waals surface area contributed by atoms with Gasteiger partial charge in [0.25, 0.3) is 11.2 Å². The van der Waals surface area contributed by atoms with Gasteiger partial charge in [-0.1, -0.05) is 30.3 Å². The van der Waals surface area contributed by atoms with E-state index in [1.807, 2.05) is 30.3 Å². The van der Waals surface area contributed by atoms with Crippen molar-refractivity contribution in [3.8, 4) is 5.69 Å². The summed E-state index contributed by atoms with van der Waals surface area (Å²) in [4.78, 5) is 62.1. The Morgan fingerprint density at radius 2 is 1.75 bits per heavy atom. The number of nitro benzene ring substituents is 1. The fourth-order valence-electron chi connectivity index (χ4n) is 7.86. The van der Waals surface area contributed by atoms with Crippen molar-refractivity contribution in [1.82, 2.24) is 14.5 Å². The Morgan fingerprint density at radius 3 is 2.55 bits per heavy atom. The molecule has 0 saturated carbocycles. The molecule has 3 fully saturated rings. The van der Waals surface area contributed by atoms with Gasteiger partial charge in [-0.3, -0.25) is 34.0 Å². The van der Waals surface area contributed by atoms with Gasteiger partial charge >= 0.3 is 0 Å². The van der Waals surface area contributed by atoms with Gasteiger partial charge in [0.1, 0.15) is 11.4 Å². The number of fused-ring (bicyclic) bond motifs is 11. The predicted molar refractivity (Wildman–Crippen MR) is 145 cm³/mol. The van der Waals surface area contributed by atoms with Crippen LogP contribution in [-0.4, -0.2) is 43.8 Å².